The Bertz CT molecular complexity index is 624. The first-order chi connectivity index (χ1) is 6.36. The lowest BCUT2D eigenvalue weighted by Gasteiger charge is -2.00. The molecule has 0 spiro atoms. The van der Waals surface area contributed by atoms with Crippen molar-refractivity contribution in [3.63, 3.8) is 0 Å². The lowest BCUT2D eigenvalue weighted by atomic mass is 10.3. The van der Waals surface area contributed by atoms with Gasteiger partial charge in [0, 0.05) is 11.0 Å². The molecule has 0 fully saturated rings. The smallest absolute Gasteiger partial charge is 0.202 e. The van der Waals surface area contributed by atoms with Crippen molar-refractivity contribution in [2.75, 3.05) is 0 Å². The Morgan fingerprint density at radius 1 is 0.846 bits per heavy atom. The predicted octanol–water partition coefficient (Wildman–Crippen LogP) is 1.89. The zero-order chi connectivity index (χ0) is 8.84. The summed E-state index contributed by atoms with van der Waals surface area (Å²) < 4.78 is 1.97. The summed E-state index contributed by atoms with van der Waals surface area (Å²) in [5.74, 6) is 0. The first-order valence-electron chi connectivity index (χ1n) is 4.19. The van der Waals surface area contributed by atoms with Crippen LogP contribution in [-0.2, 0) is 0 Å². The Labute approximate surface area is 74.4 Å². The molecule has 3 aromatic rings. The van der Waals surface area contributed by atoms with Crippen LogP contribution in [0.2, 0.25) is 0 Å². The van der Waals surface area contributed by atoms with E-state index in [4.69, 9.17) is 0 Å². The predicted molar refractivity (Wildman–Crippen MR) is 52.4 cm³/mol. The van der Waals surface area contributed by atoms with E-state index in [9.17, 15) is 4.79 Å². The van der Waals surface area contributed by atoms with Gasteiger partial charge in [0.2, 0.25) is 5.43 Å². The van der Waals surface area contributed by atoms with Crippen LogP contribution in [0.25, 0.3) is 16.6 Å². The standard InChI is InChI=1S/C11H7NO/c13-11-7-5-9-3-1-2-8-4-6-10(11)12(8)9/h1-7H. The van der Waals surface area contributed by atoms with E-state index in [1.807, 2.05) is 40.8 Å². The van der Waals surface area contributed by atoms with Gasteiger partial charge in [-0.2, -0.15) is 0 Å². The zero-order valence-electron chi connectivity index (χ0n) is 6.90. The molecule has 0 saturated carbocycles. The van der Waals surface area contributed by atoms with Gasteiger partial charge in [-0.3, -0.25) is 4.79 Å². The average Bonchev–Trinajstić information content (AvgIpc) is 2.57. The molecule has 3 rings (SSSR count). The maximum absolute atomic E-state index is 11.4. The number of hydrogen-bond donors (Lipinski definition) is 0. The molecular weight excluding hydrogens is 162 g/mol. The van der Waals surface area contributed by atoms with Crippen molar-refractivity contribution in [2.45, 2.75) is 0 Å². The Balaban J connectivity index is 2.81. The normalized spacial score (nSPS) is 11.4. The highest BCUT2D eigenvalue weighted by molar-refractivity contribution is 5.71. The van der Waals surface area contributed by atoms with Gasteiger partial charge >= 0.3 is 0 Å². The van der Waals surface area contributed by atoms with E-state index in [2.05, 4.69) is 0 Å². The second kappa shape index (κ2) is 2.10. The fourth-order valence-corrected chi connectivity index (χ4v) is 1.76. The fraction of sp³-hybridized carbons (Fsp3) is 0. The van der Waals surface area contributed by atoms with E-state index in [1.54, 1.807) is 6.07 Å². The third-order valence-electron chi connectivity index (χ3n) is 2.36. The van der Waals surface area contributed by atoms with E-state index in [1.165, 1.54) is 0 Å². The van der Waals surface area contributed by atoms with Crippen LogP contribution >= 0.6 is 0 Å². The molecule has 0 saturated heterocycles. The molecule has 0 atom stereocenters. The maximum Gasteiger partial charge on any atom is 0.202 e. The second-order valence-corrected chi connectivity index (χ2v) is 3.13. The van der Waals surface area contributed by atoms with Crippen LogP contribution in [0.15, 0.2) is 47.3 Å². The van der Waals surface area contributed by atoms with Gasteiger partial charge in [-0.05, 0) is 36.4 Å². The van der Waals surface area contributed by atoms with E-state index in [0.29, 0.717) is 0 Å². The number of hydrogen-bond acceptors (Lipinski definition) is 1. The molecular formula is C11H7NO. The highest BCUT2D eigenvalue weighted by Crippen LogP contribution is 2.13. The number of pyridine rings is 2. The van der Waals surface area contributed by atoms with Crippen LogP contribution in [-0.4, -0.2) is 4.40 Å². The van der Waals surface area contributed by atoms with Crippen LogP contribution in [0.3, 0.4) is 0 Å². The first-order valence-corrected chi connectivity index (χ1v) is 4.19. The molecule has 0 aromatic carbocycles. The Kier molecular flexibility index (Phi) is 1.08. The molecule has 13 heavy (non-hydrogen) atoms. The van der Waals surface area contributed by atoms with E-state index in [0.717, 1.165) is 16.6 Å². The van der Waals surface area contributed by atoms with Crippen molar-refractivity contribution in [3.05, 3.63) is 52.7 Å². The zero-order valence-corrected chi connectivity index (χ0v) is 6.90. The van der Waals surface area contributed by atoms with Crippen LogP contribution in [0.5, 0.6) is 0 Å². The third-order valence-corrected chi connectivity index (χ3v) is 2.36. The molecule has 2 nitrogen and oxygen atoms in total. The molecule has 3 heterocycles. The molecule has 0 aliphatic carbocycles. The van der Waals surface area contributed by atoms with Crippen molar-refractivity contribution in [3.8, 4) is 0 Å². The summed E-state index contributed by atoms with van der Waals surface area (Å²) in [6, 6.07) is 13.3. The molecule has 0 radical (unpaired) electrons. The average molecular weight is 169 g/mol. The van der Waals surface area contributed by atoms with E-state index < -0.39 is 0 Å². The molecule has 0 unspecified atom stereocenters. The Hall–Kier alpha value is -1.83. The van der Waals surface area contributed by atoms with Crippen molar-refractivity contribution in [2.24, 2.45) is 0 Å². The molecule has 3 aromatic heterocycles. The van der Waals surface area contributed by atoms with Crippen LogP contribution in [0, 0.1) is 0 Å². The number of rotatable bonds is 0. The number of nitrogens with zero attached hydrogens (tertiary/aromatic N) is 1. The molecule has 0 aliphatic heterocycles. The fourth-order valence-electron chi connectivity index (χ4n) is 1.76. The third kappa shape index (κ3) is 0.746. The summed E-state index contributed by atoms with van der Waals surface area (Å²) in [5.41, 5.74) is 2.98. The van der Waals surface area contributed by atoms with E-state index >= 15 is 0 Å². The minimum Gasteiger partial charge on any atom is -0.307 e. The summed E-state index contributed by atoms with van der Waals surface area (Å²) in [4.78, 5) is 11.4. The van der Waals surface area contributed by atoms with Gasteiger partial charge in [-0.15, -0.1) is 0 Å². The lowest BCUT2D eigenvalue weighted by molar-refractivity contribution is 1.29. The summed E-state index contributed by atoms with van der Waals surface area (Å²) >= 11 is 0. The van der Waals surface area contributed by atoms with Crippen LogP contribution < -0.4 is 5.43 Å². The largest absolute Gasteiger partial charge is 0.307 e. The van der Waals surface area contributed by atoms with Gasteiger partial charge in [-0.1, -0.05) is 6.07 Å². The highest BCUT2D eigenvalue weighted by atomic mass is 16.1. The molecule has 62 valence electrons. The van der Waals surface area contributed by atoms with Gasteiger partial charge in [0.25, 0.3) is 0 Å². The summed E-state index contributed by atoms with van der Waals surface area (Å²) in [5, 5.41) is 0. The lowest BCUT2D eigenvalue weighted by Crippen LogP contribution is -2.02. The minimum absolute atomic E-state index is 0.0821. The van der Waals surface area contributed by atoms with Crippen LogP contribution in [0.1, 0.15) is 0 Å². The van der Waals surface area contributed by atoms with Gasteiger partial charge in [0.15, 0.2) is 0 Å². The number of aromatic nitrogens is 1. The Morgan fingerprint density at radius 3 is 2.31 bits per heavy atom. The maximum atomic E-state index is 11.4. The van der Waals surface area contributed by atoms with Crippen molar-refractivity contribution in [1.82, 2.24) is 4.40 Å². The minimum atomic E-state index is 0.0821. The van der Waals surface area contributed by atoms with Gasteiger partial charge < -0.3 is 4.40 Å². The second-order valence-electron chi connectivity index (χ2n) is 3.13. The van der Waals surface area contributed by atoms with Crippen molar-refractivity contribution >= 4 is 16.6 Å². The summed E-state index contributed by atoms with van der Waals surface area (Å²) in [7, 11) is 0. The molecule has 2 heteroatoms. The van der Waals surface area contributed by atoms with Gasteiger partial charge in [-0.25, -0.2) is 0 Å². The molecule has 0 N–H and O–H groups in total. The van der Waals surface area contributed by atoms with Gasteiger partial charge in [0.05, 0.1) is 5.52 Å². The monoisotopic (exact) mass is 169 g/mol. The summed E-state index contributed by atoms with van der Waals surface area (Å²) in [6.45, 7) is 0. The topological polar surface area (TPSA) is 21.5 Å². The van der Waals surface area contributed by atoms with Crippen molar-refractivity contribution in [1.29, 1.82) is 0 Å². The quantitative estimate of drug-likeness (QED) is 0.503. The SMILES string of the molecule is O=c1ccc2cccc3ccc1n23. The molecule has 0 aliphatic rings. The first kappa shape index (κ1) is 6.66. The van der Waals surface area contributed by atoms with Crippen molar-refractivity contribution < 1.29 is 0 Å². The summed E-state index contributed by atoms with van der Waals surface area (Å²) in [6.07, 6.45) is 0. The van der Waals surface area contributed by atoms with Gasteiger partial charge in [0.1, 0.15) is 0 Å². The Morgan fingerprint density at radius 2 is 1.54 bits per heavy atom. The van der Waals surface area contributed by atoms with Crippen LogP contribution in [0.4, 0.5) is 0 Å². The molecule has 0 amide bonds. The molecule has 0 bridgehead atoms. The van der Waals surface area contributed by atoms with E-state index in [-0.39, 0.29) is 5.43 Å². The highest BCUT2D eigenvalue weighted by Gasteiger charge is 2.02.